The van der Waals surface area contributed by atoms with Crippen molar-refractivity contribution in [1.82, 2.24) is 0 Å². The summed E-state index contributed by atoms with van der Waals surface area (Å²) < 4.78 is 10.9. The van der Waals surface area contributed by atoms with Gasteiger partial charge in [0.05, 0.1) is 13.2 Å². The minimum absolute atomic E-state index is 0.0311. The molecule has 0 aliphatic carbocycles. The van der Waals surface area contributed by atoms with Gasteiger partial charge in [0.25, 0.3) is 0 Å². The number of unbranched alkanes of at least 4 members (excludes halogenated alkanes) is 14. The Hall–Kier alpha value is -1.06. The van der Waals surface area contributed by atoms with Crippen LogP contribution in [0.25, 0.3) is 0 Å². The molecule has 4 heteroatoms. The molecular formula is C33H64O4. The zero-order valence-electron chi connectivity index (χ0n) is 25.5. The number of esters is 2. The fraction of sp³-hybridized carbons (Fsp3) is 0.939. The van der Waals surface area contributed by atoms with E-state index in [9.17, 15) is 9.59 Å². The first-order valence-corrected chi connectivity index (χ1v) is 16.3. The first-order valence-electron chi connectivity index (χ1n) is 16.3. The predicted molar refractivity (Wildman–Crippen MR) is 158 cm³/mol. The van der Waals surface area contributed by atoms with Crippen molar-refractivity contribution in [2.75, 3.05) is 13.2 Å². The van der Waals surface area contributed by atoms with E-state index >= 15 is 0 Å². The molecule has 220 valence electrons. The third-order valence-corrected chi connectivity index (χ3v) is 7.34. The lowest BCUT2D eigenvalue weighted by atomic mass is 9.97. The normalized spacial score (nSPS) is 12.1. The molecule has 1 unspecified atom stereocenters. The maximum Gasteiger partial charge on any atom is 0.305 e. The van der Waals surface area contributed by atoms with Gasteiger partial charge in [-0.05, 0) is 43.9 Å². The molecule has 0 saturated heterocycles. The lowest BCUT2D eigenvalue weighted by Gasteiger charge is -2.16. The van der Waals surface area contributed by atoms with Crippen LogP contribution in [0.15, 0.2) is 0 Å². The molecule has 0 bridgehead atoms. The largest absolute Gasteiger partial charge is 0.466 e. The highest BCUT2D eigenvalue weighted by atomic mass is 16.5. The molecule has 0 N–H and O–H groups in total. The van der Waals surface area contributed by atoms with Gasteiger partial charge in [-0.3, -0.25) is 9.59 Å². The van der Waals surface area contributed by atoms with Crippen LogP contribution in [0.4, 0.5) is 0 Å². The van der Waals surface area contributed by atoms with Crippen molar-refractivity contribution in [1.29, 1.82) is 0 Å². The molecule has 0 saturated carbocycles. The number of hydrogen-bond acceptors (Lipinski definition) is 4. The molecule has 0 fully saturated rings. The maximum atomic E-state index is 12.0. The fourth-order valence-electron chi connectivity index (χ4n) is 4.90. The smallest absolute Gasteiger partial charge is 0.305 e. The first-order chi connectivity index (χ1) is 18.0. The van der Waals surface area contributed by atoms with Crippen LogP contribution in [0, 0.1) is 11.8 Å². The summed E-state index contributed by atoms with van der Waals surface area (Å²) in [6.07, 6.45) is 26.1. The molecular weight excluding hydrogens is 460 g/mol. The molecule has 37 heavy (non-hydrogen) atoms. The Bertz CT molecular complexity index is 503. The summed E-state index contributed by atoms with van der Waals surface area (Å²) in [6, 6.07) is 0. The van der Waals surface area contributed by atoms with Crippen molar-refractivity contribution in [2.24, 2.45) is 11.8 Å². The SMILES string of the molecule is CCCCCC(CCC)COC(=O)CCCCCCCCC(=O)OCCCCCCCCCCC(C)C. The minimum atomic E-state index is -0.0380. The average molecular weight is 525 g/mol. The van der Waals surface area contributed by atoms with E-state index in [0.29, 0.717) is 32.0 Å². The second-order valence-corrected chi connectivity index (χ2v) is 11.7. The van der Waals surface area contributed by atoms with Crippen LogP contribution in [0.2, 0.25) is 0 Å². The average Bonchev–Trinajstić information content (AvgIpc) is 2.87. The summed E-state index contributed by atoms with van der Waals surface area (Å²) in [7, 11) is 0. The van der Waals surface area contributed by atoms with E-state index in [4.69, 9.17) is 9.47 Å². The van der Waals surface area contributed by atoms with Crippen molar-refractivity contribution in [3.63, 3.8) is 0 Å². The van der Waals surface area contributed by atoms with Crippen molar-refractivity contribution in [3.05, 3.63) is 0 Å². The van der Waals surface area contributed by atoms with Crippen LogP contribution >= 0.6 is 0 Å². The van der Waals surface area contributed by atoms with E-state index in [-0.39, 0.29) is 11.9 Å². The topological polar surface area (TPSA) is 52.6 Å². The number of carbonyl (C=O) groups is 2. The summed E-state index contributed by atoms with van der Waals surface area (Å²) in [5, 5.41) is 0. The molecule has 0 aromatic carbocycles. The molecule has 0 aromatic rings. The van der Waals surface area contributed by atoms with Gasteiger partial charge in [-0.1, -0.05) is 130 Å². The van der Waals surface area contributed by atoms with Crippen molar-refractivity contribution >= 4 is 11.9 Å². The van der Waals surface area contributed by atoms with Gasteiger partial charge < -0.3 is 9.47 Å². The van der Waals surface area contributed by atoms with E-state index in [2.05, 4.69) is 27.7 Å². The quantitative estimate of drug-likeness (QED) is 0.0754. The summed E-state index contributed by atoms with van der Waals surface area (Å²) in [6.45, 7) is 10.2. The lowest BCUT2D eigenvalue weighted by molar-refractivity contribution is -0.145. The molecule has 0 radical (unpaired) electrons. The van der Waals surface area contributed by atoms with Crippen LogP contribution in [-0.2, 0) is 19.1 Å². The van der Waals surface area contributed by atoms with Crippen molar-refractivity contribution < 1.29 is 19.1 Å². The highest BCUT2D eigenvalue weighted by Gasteiger charge is 2.11. The predicted octanol–water partition coefficient (Wildman–Crippen LogP) is 10.4. The van der Waals surface area contributed by atoms with E-state index in [1.54, 1.807) is 0 Å². The summed E-state index contributed by atoms with van der Waals surface area (Å²) in [5.74, 6) is 1.30. The molecule has 0 heterocycles. The molecule has 0 rings (SSSR count). The first kappa shape index (κ1) is 35.9. The molecule has 1 atom stereocenters. The lowest BCUT2D eigenvalue weighted by Crippen LogP contribution is -2.14. The van der Waals surface area contributed by atoms with Gasteiger partial charge in [0.15, 0.2) is 0 Å². The monoisotopic (exact) mass is 524 g/mol. The zero-order valence-corrected chi connectivity index (χ0v) is 25.5. The third-order valence-electron chi connectivity index (χ3n) is 7.34. The molecule has 0 spiro atoms. The van der Waals surface area contributed by atoms with Crippen LogP contribution < -0.4 is 0 Å². The van der Waals surface area contributed by atoms with Crippen LogP contribution in [-0.4, -0.2) is 25.2 Å². The zero-order chi connectivity index (χ0) is 27.4. The Morgan fingerprint density at radius 1 is 0.514 bits per heavy atom. The van der Waals surface area contributed by atoms with Gasteiger partial charge in [-0.2, -0.15) is 0 Å². The van der Waals surface area contributed by atoms with Crippen LogP contribution in [0.5, 0.6) is 0 Å². The summed E-state index contributed by atoms with van der Waals surface area (Å²) in [4.78, 5) is 23.9. The van der Waals surface area contributed by atoms with Gasteiger partial charge >= 0.3 is 11.9 Å². The Kier molecular flexibility index (Phi) is 27.2. The highest BCUT2D eigenvalue weighted by molar-refractivity contribution is 5.69. The van der Waals surface area contributed by atoms with Gasteiger partial charge in [0.2, 0.25) is 0 Å². The Balaban J connectivity index is 3.44. The molecule has 0 amide bonds. The van der Waals surface area contributed by atoms with Gasteiger partial charge in [0, 0.05) is 12.8 Å². The third kappa shape index (κ3) is 27.8. The second kappa shape index (κ2) is 28.0. The summed E-state index contributed by atoms with van der Waals surface area (Å²) in [5.41, 5.74) is 0. The van der Waals surface area contributed by atoms with E-state index < -0.39 is 0 Å². The van der Waals surface area contributed by atoms with Gasteiger partial charge in [-0.15, -0.1) is 0 Å². The molecule has 0 aliphatic rings. The van der Waals surface area contributed by atoms with Gasteiger partial charge in [-0.25, -0.2) is 0 Å². The van der Waals surface area contributed by atoms with Crippen LogP contribution in [0.3, 0.4) is 0 Å². The van der Waals surface area contributed by atoms with Crippen LogP contribution in [0.1, 0.15) is 175 Å². The number of hydrogen-bond donors (Lipinski definition) is 0. The van der Waals surface area contributed by atoms with Crippen molar-refractivity contribution in [2.45, 2.75) is 175 Å². The Morgan fingerprint density at radius 3 is 1.54 bits per heavy atom. The fourth-order valence-corrected chi connectivity index (χ4v) is 4.90. The number of ether oxygens (including phenoxy) is 2. The Labute approximate surface area is 231 Å². The highest BCUT2D eigenvalue weighted by Crippen LogP contribution is 2.17. The summed E-state index contributed by atoms with van der Waals surface area (Å²) >= 11 is 0. The van der Waals surface area contributed by atoms with Gasteiger partial charge in [0.1, 0.15) is 0 Å². The Morgan fingerprint density at radius 2 is 1.00 bits per heavy atom. The maximum absolute atomic E-state index is 12.0. The minimum Gasteiger partial charge on any atom is -0.466 e. The standard InChI is InChI=1S/C33H64O4/c1-5-7-18-25-31(23-6-2)29-37-33(35)27-21-16-12-11-15-20-26-32(34)36-28-22-17-13-9-8-10-14-19-24-30(3)4/h30-31H,5-29H2,1-4H3. The van der Waals surface area contributed by atoms with Crippen molar-refractivity contribution in [3.8, 4) is 0 Å². The molecule has 4 nitrogen and oxygen atoms in total. The van der Waals surface area contributed by atoms with E-state index in [0.717, 1.165) is 63.7 Å². The van der Waals surface area contributed by atoms with E-state index in [1.807, 2.05) is 0 Å². The molecule has 0 aromatic heterocycles. The second-order valence-electron chi connectivity index (χ2n) is 11.7. The number of carbonyl (C=O) groups excluding carboxylic acids is 2. The molecule has 0 aliphatic heterocycles. The number of rotatable bonds is 28. The van der Waals surface area contributed by atoms with E-state index in [1.165, 1.54) is 77.0 Å².